The number of hydrogen-bond acceptors (Lipinski definition) is 4. The third-order valence-electron chi connectivity index (χ3n) is 3.08. The average Bonchev–Trinajstić information content (AvgIpc) is 2.75. The third kappa shape index (κ3) is 4.03. The van der Waals surface area contributed by atoms with Crippen molar-refractivity contribution in [2.24, 2.45) is 0 Å². The first kappa shape index (κ1) is 16.2. The molecule has 1 unspecified atom stereocenters. The number of rotatable bonds is 4. The molecule has 0 N–H and O–H groups in total. The molecule has 0 saturated heterocycles. The van der Waals surface area contributed by atoms with E-state index in [0.717, 1.165) is 17.1 Å². The highest BCUT2D eigenvalue weighted by Crippen LogP contribution is 2.31. The average molecular weight is 283 g/mol. The first-order valence-corrected chi connectivity index (χ1v) is 7.65. The number of nitrogens with zero attached hydrogens (tertiary/aromatic N) is 1. The van der Waals surface area contributed by atoms with Crippen molar-refractivity contribution >= 4 is 17.3 Å². The van der Waals surface area contributed by atoms with Gasteiger partial charge in [0, 0.05) is 5.38 Å². The zero-order valence-corrected chi connectivity index (χ0v) is 13.9. The van der Waals surface area contributed by atoms with Crippen LogP contribution in [0, 0.1) is 0 Å². The summed E-state index contributed by atoms with van der Waals surface area (Å²) >= 11 is 1.54. The summed E-state index contributed by atoms with van der Waals surface area (Å²) in [6, 6.07) is 0. The molecule has 1 atom stereocenters. The van der Waals surface area contributed by atoms with Gasteiger partial charge in [0.25, 0.3) is 0 Å². The fraction of sp³-hybridized carbons (Fsp3) is 0.733. The molecular weight excluding hydrogens is 258 g/mol. The minimum Gasteiger partial charge on any atom is -0.459 e. The predicted molar refractivity (Wildman–Crippen MR) is 79.7 cm³/mol. The monoisotopic (exact) mass is 283 g/mol. The Morgan fingerprint density at radius 2 is 1.95 bits per heavy atom. The van der Waals surface area contributed by atoms with Crippen LogP contribution in [0.25, 0.3) is 0 Å². The van der Waals surface area contributed by atoms with Crippen LogP contribution in [-0.2, 0) is 14.9 Å². The second-order valence-corrected chi connectivity index (χ2v) is 7.37. The van der Waals surface area contributed by atoms with E-state index in [-0.39, 0.29) is 5.97 Å². The van der Waals surface area contributed by atoms with Crippen molar-refractivity contribution in [3.63, 3.8) is 0 Å². The lowest BCUT2D eigenvalue weighted by molar-refractivity contribution is -0.160. The number of carbonyl (C=O) groups is 1. The summed E-state index contributed by atoms with van der Waals surface area (Å²) < 4.78 is 5.48. The van der Waals surface area contributed by atoms with Crippen molar-refractivity contribution in [2.45, 2.75) is 71.8 Å². The molecular formula is C15H25NO2S. The van der Waals surface area contributed by atoms with Crippen LogP contribution in [0.4, 0.5) is 0 Å². The molecule has 0 aromatic carbocycles. The number of thiazole rings is 1. The molecule has 0 bridgehead atoms. The first-order chi connectivity index (χ1) is 8.58. The van der Waals surface area contributed by atoms with E-state index in [1.807, 2.05) is 34.6 Å². The number of esters is 1. The molecule has 0 aliphatic heterocycles. The van der Waals surface area contributed by atoms with E-state index in [0.29, 0.717) is 5.92 Å². The minimum absolute atomic E-state index is 0.218. The smallest absolute Gasteiger partial charge is 0.318 e. The minimum atomic E-state index is -0.691. The van der Waals surface area contributed by atoms with Gasteiger partial charge in [-0.15, -0.1) is 11.3 Å². The van der Waals surface area contributed by atoms with Crippen molar-refractivity contribution in [1.29, 1.82) is 0 Å². The lowest BCUT2D eigenvalue weighted by Gasteiger charge is -2.27. The van der Waals surface area contributed by atoms with Crippen molar-refractivity contribution in [1.82, 2.24) is 4.98 Å². The number of aromatic nitrogens is 1. The Kier molecular flexibility index (Phi) is 4.77. The maximum Gasteiger partial charge on any atom is 0.318 e. The second-order valence-electron chi connectivity index (χ2n) is 6.51. The summed E-state index contributed by atoms with van der Waals surface area (Å²) in [6.07, 6.45) is 1.05. The molecule has 0 amide bonds. The van der Waals surface area contributed by atoms with Crippen molar-refractivity contribution in [3.8, 4) is 0 Å². The van der Waals surface area contributed by atoms with Gasteiger partial charge in [0.05, 0.1) is 5.69 Å². The first-order valence-electron chi connectivity index (χ1n) is 6.77. The van der Waals surface area contributed by atoms with Crippen molar-refractivity contribution in [3.05, 3.63) is 16.1 Å². The van der Waals surface area contributed by atoms with Crippen LogP contribution in [0.5, 0.6) is 0 Å². The molecule has 108 valence electrons. The highest BCUT2D eigenvalue weighted by molar-refractivity contribution is 7.10. The van der Waals surface area contributed by atoms with E-state index in [4.69, 9.17) is 4.74 Å². The topological polar surface area (TPSA) is 39.2 Å². The van der Waals surface area contributed by atoms with Gasteiger partial charge in [0.2, 0.25) is 0 Å². The van der Waals surface area contributed by atoms with Crippen molar-refractivity contribution in [2.75, 3.05) is 0 Å². The van der Waals surface area contributed by atoms with E-state index >= 15 is 0 Å². The van der Waals surface area contributed by atoms with Gasteiger partial charge in [-0.1, -0.05) is 13.8 Å². The summed E-state index contributed by atoms with van der Waals surface area (Å²) in [6.45, 7) is 13.7. The molecule has 0 aliphatic rings. The van der Waals surface area contributed by atoms with Gasteiger partial charge in [-0.25, -0.2) is 4.98 Å². The van der Waals surface area contributed by atoms with Gasteiger partial charge in [-0.2, -0.15) is 0 Å². The zero-order valence-electron chi connectivity index (χ0n) is 13.0. The van der Waals surface area contributed by atoms with Crippen LogP contribution in [0.2, 0.25) is 0 Å². The van der Waals surface area contributed by atoms with Crippen LogP contribution in [-0.4, -0.2) is 16.6 Å². The van der Waals surface area contributed by atoms with Gasteiger partial charge in [-0.05, 0) is 47.0 Å². The maximum atomic E-state index is 12.3. The Labute approximate surface area is 120 Å². The second kappa shape index (κ2) is 5.61. The Bertz CT molecular complexity index is 443. The van der Waals surface area contributed by atoms with Gasteiger partial charge < -0.3 is 4.74 Å². The normalized spacial score (nSPS) is 14.3. The summed E-state index contributed by atoms with van der Waals surface area (Å²) in [7, 11) is 0. The highest BCUT2D eigenvalue weighted by Gasteiger charge is 2.37. The molecule has 3 nitrogen and oxygen atoms in total. The molecule has 1 heterocycles. The van der Waals surface area contributed by atoms with Gasteiger partial charge in [-0.3, -0.25) is 4.79 Å². The summed E-state index contributed by atoms with van der Waals surface area (Å²) in [5, 5.41) is 2.88. The molecule has 1 aromatic rings. The summed E-state index contributed by atoms with van der Waals surface area (Å²) in [5.74, 6) is 0.212. The molecule has 4 heteroatoms. The molecule has 0 radical (unpaired) electrons. The largest absolute Gasteiger partial charge is 0.459 e. The van der Waals surface area contributed by atoms with E-state index in [1.54, 1.807) is 11.3 Å². The molecule has 19 heavy (non-hydrogen) atoms. The zero-order chi connectivity index (χ0) is 14.8. The van der Waals surface area contributed by atoms with Gasteiger partial charge in [0.1, 0.15) is 16.0 Å². The van der Waals surface area contributed by atoms with E-state index in [2.05, 4.69) is 24.2 Å². The van der Waals surface area contributed by atoms with Crippen LogP contribution in [0.15, 0.2) is 5.38 Å². The number of ether oxygens (including phenoxy) is 1. The lowest BCUT2D eigenvalue weighted by atomic mass is 9.94. The molecule has 1 aromatic heterocycles. The van der Waals surface area contributed by atoms with Crippen LogP contribution in [0.1, 0.15) is 71.5 Å². The van der Waals surface area contributed by atoms with E-state index < -0.39 is 11.0 Å². The molecule has 0 fully saturated rings. The fourth-order valence-corrected chi connectivity index (χ4v) is 2.56. The van der Waals surface area contributed by atoms with E-state index in [9.17, 15) is 4.79 Å². The lowest BCUT2D eigenvalue weighted by Crippen LogP contribution is -2.36. The Balaban J connectivity index is 2.93. The SMILES string of the molecule is CCC(C)c1csc(C(C)(C)C(=O)OC(C)(C)C)n1. The van der Waals surface area contributed by atoms with Crippen LogP contribution in [0.3, 0.4) is 0 Å². The standard InChI is InChI=1S/C15H25NO2S/c1-8-10(2)11-9-19-12(16-11)15(6,7)13(17)18-14(3,4)5/h9-10H,8H2,1-7H3. The number of hydrogen-bond donors (Lipinski definition) is 0. The fourth-order valence-electron chi connectivity index (χ4n) is 1.50. The van der Waals surface area contributed by atoms with Gasteiger partial charge in [0.15, 0.2) is 0 Å². The number of carbonyl (C=O) groups excluding carboxylic acids is 1. The van der Waals surface area contributed by atoms with Gasteiger partial charge >= 0.3 is 5.97 Å². The summed E-state index contributed by atoms with van der Waals surface area (Å²) in [5.41, 5.74) is -0.0893. The summed E-state index contributed by atoms with van der Waals surface area (Å²) in [4.78, 5) is 16.9. The Morgan fingerprint density at radius 1 is 1.37 bits per heavy atom. The predicted octanol–water partition coefficient (Wildman–Crippen LogP) is 4.28. The van der Waals surface area contributed by atoms with Crippen LogP contribution < -0.4 is 0 Å². The Morgan fingerprint density at radius 3 is 2.42 bits per heavy atom. The molecule has 1 rings (SSSR count). The van der Waals surface area contributed by atoms with E-state index in [1.165, 1.54) is 0 Å². The molecule has 0 saturated carbocycles. The van der Waals surface area contributed by atoms with Crippen molar-refractivity contribution < 1.29 is 9.53 Å². The quantitative estimate of drug-likeness (QED) is 0.774. The van der Waals surface area contributed by atoms with Crippen LogP contribution >= 0.6 is 11.3 Å². The molecule has 0 aliphatic carbocycles. The molecule has 0 spiro atoms. The maximum absolute atomic E-state index is 12.3. The highest BCUT2D eigenvalue weighted by atomic mass is 32.1. The third-order valence-corrected chi connectivity index (χ3v) is 4.27. The Hall–Kier alpha value is -0.900.